The molecule has 0 saturated carbocycles. The van der Waals surface area contributed by atoms with Crippen molar-refractivity contribution in [2.45, 2.75) is 32.9 Å². The molecule has 16 heavy (non-hydrogen) atoms. The van der Waals surface area contributed by atoms with Gasteiger partial charge in [-0.1, -0.05) is 25.1 Å². The van der Waals surface area contributed by atoms with Crippen molar-refractivity contribution in [1.82, 2.24) is 5.32 Å². The number of halogens is 1. The van der Waals surface area contributed by atoms with Gasteiger partial charge in [0, 0.05) is 12.2 Å². The van der Waals surface area contributed by atoms with Gasteiger partial charge in [0.15, 0.2) is 0 Å². The Morgan fingerprint density at radius 3 is 2.56 bits per heavy atom. The van der Waals surface area contributed by atoms with Crippen LogP contribution in [0.25, 0.3) is 0 Å². The molecule has 0 fully saturated rings. The first-order valence-corrected chi connectivity index (χ1v) is 5.80. The lowest BCUT2D eigenvalue weighted by molar-refractivity contribution is 0.0467. The third-order valence-electron chi connectivity index (χ3n) is 2.56. The van der Waals surface area contributed by atoms with Crippen LogP contribution >= 0.6 is 0 Å². The van der Waals surface area contributed by atoms with Crippen molar-refractivity contribution < 1.29 is 9.13 Å². The standard InChI is InChI=1S/C13H20FNO/c1-4-15-13(10(3)16-5-2)11-8-6-7-9-12(11)14/h6-10,13,15H,4-5H2,1-3H3. The second-order valence-corrected chi connectivity index (χ2v) is 3.72. The minimum absolute atomic E-state index is 0.0400. The Bertz CT molecular complexity index is 317. The van der Waals surface area contributed by atoms with E-state index in [1.165, 1.54) is 6.07 Å². The summed E-state index contributed by atoms with van der Waals surface area (Å²) in [6, 6.07) is 6.75. The summed E-state index contributed by atoms with van der Waals surface area (Å²) in [5.41, 5.74) is 0.672. The fraction of sp³-hybridized carbons (Fsp3) is 0.538. The van der Waals surface area contributed by atoms with Crippen LogP contribution in [0.2, 0.25) is 0 Å². The third-order valence-corrected chi connectivity index (χ3v) is 2.56. The van der Waals surface area contributed by atoms with Crippen LogP contribution in [-0.2, 0) is 4.74 Å². The number of nitrogens with one attached hydrogen (secondary N) is 1. The summed E-state index contributed by atoms with van der Waals surface area (Å²) in [6.45, 7) is 7.34. The van der Waals surface area contributed by atoms with E-state index in [0.717, 1.165) is 6.54 Å². The number of hydrogen-bond acceptors (Lipinski definition) is 2. The van der Waals surface area contributed by atoms with Crippen LogP contribution in [0.15, 0.2) is 24.3 Å². The zero-order valence-electron chi connectivity index (χ0n) is 10.2. The molecule has 1 aromatic rings. The molecule has 1 rings (SSSR count). The molecule has 2 atom stereocenters. The quantitative estimate of drug-likeness (QED) is 0.803. The monoisotopic (exact) mass is 225 g/mol. The van der Waals surface area contributed by atoms with Crippen LogP contribution in [0.3, 0.4) is 0 Å². The van der Waals surface area contributed by atoms with Crippen molar-refractivity contribution >= 4 is 0 Å². The van der Waals surface area contributed by atoms with Crippen LogP contribution in [0.1, 0.15) is 32.4 Å². The molecule has 0 amide bonds. The maximum atomic E-state index is 13.7. The minimum Gasteiger partial charge on any atom is -0.377 e. The Labute approximate surface area is 96.8 Å². The molecule has 0 aromatic heterocycles. The van der Waals surface area contributed by atoms with Crippen molar-refractivity contribution in [3.05, 3.63) is 35.6 Å². The molecule has 0 aliphatic rings. The average Bonchev–Trinajstić information content (AvgIpc) is 2.27. The molecule has 0 radical (unpaired) electrons. The zero-order valence-corrected chi connectivity index (χ0v) is 10.2. The van der Waals surface area contributed by atoms with Crippen LogP contribution in [0, 0.1) is 5.82 Å². The molecule has 1 N–H and O–H groups in total. The number of hydrogen-bond donors (Lipinski definition) is 1. The Hall–Kier alpha value is -0.930. The smallest absolute Gasteiger partial charge is 0.128 e. The first kappa shape index (κ1) is 13.1. The van der Waals surface area contributed by atoms with E-state index in [4.69, 9.17) is 4.74 Å². The highest BCUT2D eigenvalue weighted by molar-refractivity contribution is 5.22. The molecule has 0 aliphatic carbocycles. The van der Waals surface area contributed by atoms with Gasteiger partial charge in [-0.3, -0.25) is 0 Å². The highest BCUT2D eigenvalue weighted by atomic mass is 19.1. The van der Waals surface area contributed by atoms with E-state index in [-0.39, 0.29) is 18.0 Å². The second-order valence-electron chi connectivity index (χ2n) is 3.72. The van der Waals surface area contributed by atoms with Crippen molar-refractivity contribution in [3.8, 4) is 0 Å². The summed E-state index contributed by atoms with van der Waals surface area (Å²) < 4.78 is 19.2. The van der Waals surface area contributed by atoms with E-state index in [1.54, 1.807) is 12.1 Å². The van der Waals surface area contributed by atoms with Crippen molar-refractivity contribution in [1.29, 1.82) is 0 Å². The van der Waals surface area contributed by atoms with E-state index in [9.17, 15) is 4.39 Å². The van der Waals surface area contributed by atoms with Gasteiger partial charge in [-0.2, -0.15) is 0 Å². The van der Waals surface area contributed by atoms with Gasteiger partial charge in [0.25, 0.3) is 0 Å². The van der Waals surface area contributed by atoms with E-state index < -0.39 is 0 Å². The van der Waals surface area contributed by atoms with Gasteiger partial charge in [-0.15, -0.1) is 0 Å². The van der Waals surface area contributed by atoms with Gasteiger partial charge in [0.1, 0.15) is 5.82 Å². The van der Waals surface area contributed by atoms with Gasteiger partial charge in [0.2, 0.25) is 0 Å². The number of ether oxygens (including phenoxy) is 1. The summed E-state index contributed by atoms with van der Waals surface area (Å²) in [5, 5.41) is 3.26. The molecular weight excluding hydrogens is 205 g/mol. The van der Waals surface area contributed by atoms with Gasteiger partial charge in [-0.05, 0) is 26.5 Å². The fourth-order valence-corrected chi connectivity index (χ4v) is 1.84. The third kappa shape index (κ3) is 3.29. The lowest BCUT2D eigenvalue weighted by Crippen LogP contribution is -2.32. The lowest BCUT2D eigenvalue weighted by atomic mass is 10.0. The van der Waals surface area contributed by atoms with Crippen molar-refractivity contribution in [2.75, 3.05) is 13.2 Å². The topological polar surface area (TPSA) is 21.3 Å². The zero-order chi connectivity index (χ0) is 12.0. The molecule has 2 unspecified atom stereocenters. The van der Waals surface area contributed by atoms with Crippen molar-refractivity contribution in [3.63, 3.8) is 0 Å². The molecule has 0 spiro atoms. The van der Waals surface area contributed by atoms with Gasteiger partial charge in [-0.25, -0.2) is 4.39 Å². The van der Waals surface area contributed by atoms with E-state index in [0.29, 0.717) is 12.2 Å². The summed E-state index contributed by atoms with van der Waals surface area (Å²) in [7, 11) is 0. The summed E-state index contributed by atoms with van der Waals surface area (Å²) in [5.74, 6) is -0.181. The maximum Gasteiger partial charge on any atom is 0.128 e. The molecule has 0 saturated heterocycles. The predicted molar refractivity (Wildman–Crippen MR) is 63.9 cm³/mol. The van der Waals surface area contributed by atoms with Gasteiger partial charge < -0.3 is 10.1 Å². The molecule has 90 valence electrons. The number of rotatable bonds is 6. The fourth-order valence-electron chi connectivity index (χ4n) is 1.84. The van der Waals surface area contributed by atoms with Crippen LogP contribution in [0.5, 0.6) is 0 Å². The highest BCUT2D eigenvalue weighted by Gasteiger charge is 2.21. The van der Waals surface area contributed by atoms with Gasteiger partial charge >= 0.3 is 0 Å². The molecule has 0 aliphatic heterocycles. The normalized spacial score (nSPS) is 14.8. The summed E-state index contributed by atoms with van der Waals surface area (Å²) >= 11 is 0. The van der Waals surface area contributed by atoms with Gasteiger partial charge in [0.05, 0.1) is 12.1 Å². The van der Waals surface area contributed by atoms with Crippen molar-refractivity contribution in [2.24, 2.45) is 0 Å². The molecule has 2 nitrogen and oxygen atoms in total. The van der Waals surface area contributed by atoms with Crippen LogP contribution < -0.4 is 5.32 Å². The Balaban J connectivity index is 2.88. The second kappa shape index (κ2) is 6.61. The minimum atomic E-state index is -0.181. The molecule has 1 aromatic carbocycles. The van der Waals surface area contributed by atoms with E-state index >= 15 is 0 Å². The van der Waals surface area contributed by atoms with E-state index in [1.807, 2.05) is 26.8 Å². The SMILES string of the molecule is CCNC(c1ccccc1F)C(C)OCC. The van der Waals surface area contributed by atoms with E-state index in [2.05, 4.69) is 5.32 Å². The number of likely N-dealkylation sites (N-methyl/N-ethyl adjacent to an activating group) is 1. The lowest BCUT2D eigenvalue weighted by Gasteiger charge is -2.25. The Morgan fingerprint density at radius 1 is 1.31 bits per heavy atom. The first-order valence-electron chi connectivity index (χ1n) is 5.80. The highest BCUT2D eigenvalue weighted by Crippen LogP contribution is 2.21. The molecule has 0 bridgehead atoms. The predicted octanol–water partition coefficient (Wildman–Crippen LogP) is 2.90. The van der Waals surface area contributed by atoms with Crippen LogP contribution in [0.4, 0.5) is 4.39 Å². The number of benzene rings is 1. The first-order chi connectivity index (χ1) is 7.70. The Morgan fingerprint density at radius 2 is 2.00 bits per heavy atom. The maximum absolute atomic E-state index is 13.7. The molecule has 3 heteroatoms. The largest absolute Gasteiger partial charge is 0.377 e. The summed E-state index contributed by atoms with van der Waals surface area (Å²) in [6.07, 6.45) is -0.0400. The Kier molecular flexibility index (Phi) is 5.43. The van der Waals surface area contributed by atoms with Crippen LogP contribution in [-0.4, -0.2) is 19.3 Å². The summed E-state index contributed by atoms with van der Waals surface area (Å²) in [4.78, 5) is 0. The molecular formula is C13H20FNO. The average molecular weight is 225 g/mol. The molecule has 0 heterocycles.